The monoisotopic (exact) mass is 473 g/mol. The number of ether oxygens (including phenoxy) is 1. The minimum atomic E-state index is -0.0986. The number of piperazine rings is 1. The second kappa shape index (κ2) is 11.3. The quantitative estimate of drug-likeness (QED) is 0.471. The molecular weight excluding hydrogens is 446 g/mol. The van der Waals surface area contributed by atoms with Crippen LogP contribution >= 0.6 is 11.6 Å². The zero-order valence-electron chi connectivity index (χ0n) is 19.3. The fraction of sp³-hybridized carbons (Fsp3) is 0.286. The van der Waals surface area contributed by atoms with E-state index in [4.69, 9.17) is 21.6 Å². The van der Waals surface area contributed by atoms with Gasteiger partial charge < -0.3 is 9.64 Å². The molecule has 3 aromatic carbocycles. The van der Waals surface area contributed by atoms with E-state index in [0.29, 0.717) is 35.8 Å². The first-order valence-electron chi connectivity index (χ1n) is 11.5. The summed E-state index contributed by atoms with van der Waals surface area (Å²) in [4.78, 5) is 17.1. The van der Waals surface area contributed by atoms with Crippen LogP contribution in [-0.2, 0) is 11.3 Å². The molecule has 1 atom stereocenters. The van der Waals surface area contributed by atoms with Gasteiger partial charge in [-0.1, -0.05) is 53.6 Å². The van der Waals surface area contributed by atoms with Crippen molar-refractivity contribution in [1.82, 2.24) is 9.80 Å². The summed E-state index contributed by atoms with van der Waals surface area (Å²) in [6.45, 7) is 6.23. The second-order valence-corrected chi connectivity index (χ2v) is 9.06. The van der Waals surface area contributed by atoms with Crippen LogP contribution in [0.15, 0.2) is 72.8 Å². The van der Waals surface area contributed by atoms with Crippen LogP contribution in [-0.4, -0.2) is 48.4 Å². The van der Waals surface area contributed by atoms with Gasteiger partial charge in [0.1, 0.15) is 0 Å². The van der Waals surface area contributed by atoms with E-state index in [1.165, 1.54) is 5.56 Å². The fourth-order valence-corrected chi connectivity index (χ4v) is 4.29. The van der Waals surface area contributed by atoms with Crippen molar-refractivity contribution in [1.29, 1.82) is 5.26 Å². The highest BCUT2D eigenvalue weighted by molar-refractivity contribution is 6.30. The molecule has 0 aliphatic carbocycles. The first kappa shape index (κ1) is 24.0. The third kappa shape index (κ3) is 6.24. The molecule has 0 aromatic heterocycles. The van der Waals surface area contributed by atoms with Gasteiger partial charge in [0.05, 0.1) is 24.3 Å². The van der Waals surface area contributed by atoms with Gasteiger partial charge in [-0.15, -0.1) is 0 Å². The summed E-state index contributed by atoms with van der Waals surface area (Å²) in [5, 5.41) is 9.66. The van der Waals surface area contributed by atoms with Crippen molar-refractivity contribution in [2.24, 2.45) is 0 Å². The molecule has 1 heterocycles. The molecule has 0 N–H and O–H groups in total. The van der Waals surface area contributed by atoms with Crippen molar-refractivity contribution in [3.63, 3.8) is 0 Å². The van der Waals surface area contributed by atoms with Crippen LogP contribution in [0.3, 0.4) is 0 Å². The number of carbonyl (C=O) groups excluding carboxylic acids is 1. The zero-order chi connectivity index (χ0) is 23.9. The van der Waals surface area contributed by atoms with Gasteiger partial charge in [0.25, 0.3) is 5.91 Å². The lowest BCUT2D eigenvalue weighted by Gasteiger charge is -2.36. The van der Waals surface area contributed by atoms with E-state index in [2.05, 4.69) is 42.2 Å². The summed E-state index contributed by atoms with van der Waals surface area (Å²) in [5.74, 6) is 0.00842. The van der Waals surface area contributed by atoms with E-state index in [-0.39, 0.29) is 12.0 Å². The maximum atomic E-state index is 12.9. The van der Waals surface area contributed by atoms with Crippen molar-refractivity contribution in [3.05, 3.63) is 106 Å². The highest BCUT2D eigenvalue weighted by Gasteiger charge is 2.25. The summed E-state index contributed by atoms with van der Waals surface area (Å²) < 4.78 is 6.39. The molecule has 5 nitrogen and oxygen atoms in total. The maximum Gasteiger partial charge on any atom is 0.253 e. The Hall–Kier alpha value is -3.17. The van der Waals surface area contributed by atoms with Crippen molar-refractivity contribution < 1.29 is 9.53 Å². The van der Waals surface area contributed by atoms with E-state index < -0.39 is 0 Å². The summed E-state index contributed by atoms with van der Waals surface area (Å²) >= 11 is 6.11. The number of rotatable bonds is 7. The van der Waals surface area contributed by atoms with Crippen LogP contribution in [0, 0.1) is 18.3 Å². The molecule has 0 saturated carbocycles. The predicted molar refractivity (Wildman–Crippen MR) is 134 cm³/mol. The van der Waals surface area contributed by atoms with E-state index in [1.54, 1.807) is 24.3 Å². The van der Waals surface area contributed by atoms with Gasteiger partial charge in [-0.25, -0.2) is 0 Å². The minimum absolute atomic E-state index is 0.00842. The number of hydrogen-bond acceptors (Lipinski definition) is 4. The zero-order valence-corrected chi connectivity index (χ0v) is 20.0. The SMILES string of the molecule is Cc1cccc(CO[C@@H](CN2CCN(C(=O)c3ccc(C#N)cc3)CC2)c2ccc(Cl)cc2)c1. The average molecular weight is 474 g/mol. The van der Waals surface area contributed by atoms with E-state index >= 15 is 0 Å². The molecule has 1 aliphatic rings. The summed E-state index contributed by atoms with van der Waals surface area (Å²) in [5.41, 5.74) is 4.63. The van der Waals surface area contributed by atoms with Crippen molar-refractivity contribution >= 4 is 17.5 Å². The molecular formula is C28H28ClN3O2. The van der Waals surface area contributed by atoms with Crippen LogP contribution in [0.25, 0.3) is 0 Å². The lowest BCUT2D eigenvalue weighted by Crippen LogP contribution is -2.49. The Morgan fingerprint density at radius 2 is 1.74 bits per heavy atom. The first-order chi connectivity index (χ1) is 16.5. The molecule has 34 heavy (non-hydrogen) atoms. The van der Waals surface area contributed by atoms with Crippen LogP contribution in [0.1, 0.15) is 38.7 Å². The topological polar surface area (TPSA) is 56.6 Å². The molecule has 174 valence electrons. The standard InChI is InChI=1S/C28H28ClN3O2/c1-21-3-2-4-23(17-21)20-34-27(24-9-11-26(29)12-10-24)19-31-13-15-32(16-14-31)28(33)25-7-5-22(18-30)6-8-25/h2-12,17,27H,13-16,19-20H2,1H3/t27-/m0/s1. The molecule has 6 heteroatoms. The van der Waals surface area contributed by atoms with E-state index in [9.17, 15) is 4.79 Å². The Balaban J connectivity index is 1.38. The third-order valence-electron chi connectivity index (χ3n) is 6.12. The van der Waals surface area contributed by atoms with Crippen LogP contribution in [0.2, 0.25) is 5.02 Å². The lowest BCUT2D eigenvalue weighted by atomic mass is 10.1. The van der Waals surface area contributed by atoms with Gasteiger partial charge in [-0.3, -0.25) is 9.69 Å². The second-order valence-electron chi connectivity index (χ2n) is 8.62. The van der Waals surface area contributed by atoms with Crippen molar-refractivity contribution in [2.45, 2.75) is 19.6 Å². The smallest absolute Gasteiger partial charge is 0.253 e. The van der Waals surface area contributed by atoms with Gasteiger partial charge in [0.2, 0.25) is 0 Å². The van der Waals surface area contributed by atoms with Crippen LogP contribution < -0.4 is 0 Å². The Morgan fingerprint density at radius 1 is 1.03 bits per heavy atom. The summed E-state index contributed by atoms with van der Waals surface area (Å²) in [7, 11) is 0. The molecule has 1 aliphatic heterocycles. The number of aryl methyl sites for hydroxylation is 1. The number of nitrogens with zero attached hydrogens (tertiary/aromatic N) is 3. The Kier molecular flexibility index (Phi) is 7.97. The predicted octanol–water partition coefficient (Wildman–Crippen LogP) is 5.24. The van der Waals surface area contributed by atoms with Crippen LogP contribution in [0.4, 0.5) is 0 Å². The number of amides is 1. The number of nitriles is 1. The van der Waals surface area contributed by atoms with Crippen molar-refractivity contribution in [3.8, 4) is 6.07 Å². The normalized spacial score (nSPS) is 15.0. The molecule has 0 bridgehead atoms. The molecule has 1 fully saturated rings. The molecule has 3 aromatic rings. The lowest BCUT2D eigenvalue weighted by molar-refractivity contribution is 0.00341. The molecule has 0 unspecified atom stereocenters. The van der Waals surface area contributed by atoms with Crippen LogP contribution in [0.5, 0.6) is 0 Å². The Morgan fingerprint density at radius 3 is 2.38 bits per heavy atom. The summed E-state index contributed by atoms with van der Waals surface area (Å²) in [6.07, 6.45) is -0.0986. The van der Waals surface area contributed by atoms with Crippen molar-refractivity contribution in [2.75, 3.05) is 32.7 Å². The number of benzene rings is 3. The number of carbonyl (C=O) groups is 1. The molecule has 0 radical (unpaired) electrons. The third-order valence-corrected chi connectivity index (χ3v) is 6.37. The molecule has 0 spiro atoms. The van der Waals surface area contributed by atoms with Gasteiger partial charge in [-0.2, -0.15) is 5.26 Å². The Bertz CT molecular complexity index is 1150. The van der Waals surface area contributed by atoms with E-state index in [0.717, 1.165) is 30.8 Å². The average Bonchev–Trinajstić information content (AvgIpc) is 2.87. The minimum Gasteiger partial charge on any atom is -0.368 e. The number of hydrogen-bond donors (Lipinski definition) is 0. The highest BCUT2D eigenvalue weighted by atomic mass is 35.5. The molecule has 4 rings (SSSR count). The Labute approximate surface area is 206 Å². The summed E-state index contributed by atoms with van der Waals surface area (Å²) in [6, 6.07) is 25.1. The van der Waals surface area contributed by atoms with Gasteiger partial charge >= 0.3 is 0 Å². The van der Waals surface area contributed by atoms with Gasteiger partial charge in [0, 0.05) is 43.3 Å². The molecule has 1 saturated heterocycles. The van der Waals surface area contributed by atoms with Gasteiger partial charge in [-0.05, 0) is 54.4 Å². The fourth-order valence-electron chi connectivity index (χ4n) is 4.17. The largest absolute Gasteiger partial charge is 0.368 e. The molecule has 1 amide bonds. The van der Waals surface area contributed by atoms with E-state index in [1.807, 2.05) is 29.2 Å². The van der Waals surface area contributed by atoms with Gasteiger partial charge in [0.15, 0.2) is 0 Å². The highest BCUT2D eigenvalue weighted by Crippen LogP contribution is 2.24. The number of halogens is 1. The maximum absolute atomic E-state index is 12.9. The first-order valence-corrected chi connectivity index (χ1v) is 11.8.